The van der Waals surface area contributed by atoms with E-state index in [4.69, 9.17) is 4.99 Å². The summed E-state index contributed by atoms with van der Waals surface area (Å²) in [4.78, 5) is 43.8. The molecule has 0 bridgehead atoms. The number of urea groups is 1. The molecule has 0 aliphatic carbocycles. The van der Waals surface area contributed by atoms with Gasteiger partial charge in [-0.15, -0.1) is 0 Å². The monoisotopic (exact) mass is 389 g/mol. The van der Waals surface area contributed by atoms with Gasteiger partial charge in [-0.3, -0.25) is 10.1 Å². The molecule has 0 saturated carbocycles. The van der Waals surface area contributed by atoms with Gasteiger partial charge in [-0.25, -0.2) is 19.8 Å². The minimum absolute atomic E-state index is 0.280. The average Bonchev–Trinajstić information content (AvgIpc) is 3.28. The van der Waals surface area contributed by atoms with Gasteiger partial charge < -0.3 is 14.7 Å². The number of guanidine groups is 1. The molecule has 1 aromatic rings. The number of aryl methyl sites for hydroxylation is 1. The maximum atomic E-state index is 12.6. The highest BCUT2D eigenvalue weighted by Gasteiger charge is 2.49. The van der Waals surface area contributed by atoms with E-state index in [0.29, 0.717) is 6.54 Å². The van der Waals surface area contributed by atoms with Gasteiger partial charge in [-0.2, -0.15) is 0 Å². The number of imide groups is 1. The van der Waals surface area contributed by atoms with Crippen LogP contribution in [-0.4, -0.2) is 87.2 Å². The van der Waals surface area contributed by atoms with Crippen molar-refractivity contribution in [3.63, 3.8) is 0 Å². The van der Waals surface area contributed by atoms with Crippen molar-refractivity contribution in [1.82, 2.24) is 30.0 Å². The number of hydrogen-bond acceptors (Lipinski definition) is 8. The zero-order valence-electron chi connectivity index (χ0n) is 15.5. The molecule has 27 heavy (non-hydrogen) atoms. The fraction of sp³-hybridized carbons (Fsp3) is 0.588. The second kappa shape index (κ2) is 7.34. The maximum absolute atomic E-state index is 12.6. The van der Waals surface area contributed by atoms with E-state index in [1.54, 1.807) is 25.0 Å². The van der Waals surface area contributed by atoms with Gasteiger partial charge in [-0.1, -0.05) is 11.8 Å². The molecule has 2 saturated heterocycles. The summed E-state index contributed by atoms with van der Waals surface area (Å²) < 4.78 is 0. The Kier molecular flexibility index (Phi) is 4.90. The quantitative estimate of drug-likeness (QED) is 0.593. The number of fused-ring (bicyclic) bond motifs is 1. The van der Waals surface area contributed by atoms with Gasteiger partial charge in [0, 0.05) is 44.3 Å². The first-order valence-electron chi connectivity index (χ1n) is 9.14. The number of aliphatic imine (C=N–C) groups is 1. The second-order valence-corrected chi connectivity index (χ2v) is 7.97. The molecule has 1 aromatic heterocycles. The van der Waals surface area contributed by atoms with E-state index < -0.39 is 18.2 Å². The lowest BCUT2D eigenvalue weighted by Gasteiger charge is -2.37. The molecule has 3 amide bonds. The van der Waals surface area contributed by atoms with E-state index in [1.807, 2.05) is 17.9 Å². The number of carbonyl (C=O) groups is 2. The summed E-state index contributed by atoms with van der Waals surface area (Å²) in [6.07, 6.45) is 3.52. The van der Waals surface area contributed by atoms with Crippen molar-refractivity contribution >= 4 is 29.7 Å². The van der Waals surface area contributed by atoms with Gasteiger partial charge in [0.1, 0.15) is 0 Å². The van der Waals surface area contributed by atoms with Gasteiger partial charge in [0.15, 0.2) is 23.3 Å². The van der Waals surface area contributed by atoms with Crippen LogP contribution in [0, 0.1) is 6.92 Å². The lowest BCUT2D eigenvalue weighted by Crippen LogP contribution is -2.64. The molecule has 3 aliphatic heterocycles. The molecule has 1 N–H and O–H groups in total. The first-order chi connectivity index (χ1) is 13.0. The fourth-order valence-corrected chi connectivity index (χ4v) is 4.48. The second-order valence-electron chi connectivity index (χ2n) is 6.91. The van der Waals surface area contributed by atoms with Crippen molar-refractivity contribution in [2.75, 3.05) is 32.4 Å². The SMILES string of the molecule is Cc1ccnc(SCCN2C(N3CCCC3)=NC3C2C(=O)NC(=O)N3C)n1. The van der Waals surface area contributed by atoms with Crippen molar-refractivity contribution in [2.24, 2.45) is 4.99 Å². The number of nitrogens with zero attached hydrogens (tertiary/aromatic N) is 6. The van der Waals surface area contributed by atoms with Crippen LogP contribution in [-0.2, 0) is 4.79 Å². The highest BCUT2D eigenvalue weighted by Crippen LogP contribution is 2.27. The minimum Gasteiger partial charge on any atom is -0.343 e. The van der Waals surface area contributed by atoms with Gasteiger partial charge >= 0.3 is 6.03 Å². The van der Waals surface area contributed by atoms with Gasteiger partial charge in [0.2, 0.25) is 0 Å². The Labute approximate surface area is 162 Å². The number of thioether (sulfide) groups is 1. The summed E-state index contributed by atoms with van der Waals surface area (Å²) in [5.41, 5.74) is 0.930. The van der Waals surface area contributed by atoms with E-state index in [9.17, 15) is 9.59 Å². The summed E-state index contributed by atoms with van der Waals surface area (Å²) >= 11 is 1.56. The zero-order valence-corrected chi connectivity index (χ0v) is 16.3. The Morgan fingerprint density at radius 1 is 1.30 bits per heavy atom. The standard InChI is InChI=1S/C17H23N7O2S/c1-11-5-6-18-15(19-11)27-10-9-24-12-13(22(2)17(26)21-14(12)25)20-16(24)23-7-3-4-8-23/h5-6,12-13H,3-4,7-10H2,1-2H3,(H,21,25,26). The van der Waals surface area contributed by atoms with E-state index >= 15 is 0 Å². The van der Waals surface area contributed by atoms with Crippen molar-refractivity contribution < 1.29 is 9.59 Å². The molecule has 4 rings (SSSR count). The predicted molar refractivity (Wildman–Crippen MR) is 101 cm³/mol. The number of likely N-dealkylation sites (N-methyl/N-ethyl adjacent to an activating group) is 1. The van der Waals surface area contributed by atoms with Crippen molar-refractivity contribution in [3.8, 4) is 0 Å². The summed E-state index contributed by atoms with van der Waals surface area (Å²) in [5, 5.41) is 3.17. The summed E-state index contributed by atoms with van der Waals surface area (Å²) in [5.74, 6) is 1.27. The normalized spacial score (nSPS) is 25.0. The van der Waals surface area contributed by atoms with Gasteiger partial charge in [0.25, 0.3) is 5.91 Å². The van der Waals surface area contributed by atoms with Gasteiger partial charge in [-0.05, 0) is 25.8 Å². The first kappa shape index (κ1) is 18.0. The molecule has 9 nitrogen and oxygen atoms in total. The third kappa shape index (κ3) is 3.45. The minimum atomic E-state index is -0.484. The molecule has 0 aromatic carbocycles. The third-order valence-electron chi connectivity index (χ3n) is 5.06. The Bertz CT molecular complexity index is 780. The van der Waals surface area contributed by atoms with Crippen molar-refractivity contribution in [2.45, 2.75) is 37.1 Å². The molecule has 2 unspecified atom stereocenters. The van der Waals surface area contributed by atoms with Crippen LogP contribution < -0.4 is 5.32 Å². The van der Waals surface area contributed by atoms with E-state index in [0.717, 1.165) is 48.5 Å². The number of aromatic nitrogens is 2. The third-order valence-corrected chi connectivity index (χ3v) is 5.91. The number of hydrogen-bond donors (Lipinski definition) is 1. The number of nitrogens with one attached hydrogen (secondary N) is 1. The van der Waals surface area contributed by atoms with Crippen LogP contribution in [0.15, 0.2) is 22.4 Å². The van der Waals surface area contributed by atoms with Crippen LogP contribution in [0.3, 0.4) is 0 Å². The molecule has 10 heteroatoms. The largest absolute Gasteiger partial charge is 0.343 e. The van der Waals surface area contributed by atoms with Crippen LogP contribution >= 0.6 is 11.8 Å². The Morgan fingerprint density at radius 2 is 2.07 bits per heavy atom. The van der Waals surface area contributed by atoms with Crippen LogP contribution in [0.2, 0.25) is 0 Å². The zero-order chi connectivity index (χ0) is 19.0. The lowest BCUT2D eigenvalue weighted by molar-refractivity contribution is -0.127. The number of carbonyl (C=O) groups excluding carboxylic acids is 2. The number of amides is 3. The van der Waals surface area contributed by atoms with Crippen LogP contribution in [0.25, 0.3) is 0 Å². The number of rotatable bonds is 4. The van der Waals surface area contributed by atoms with E-state index in [-0.39, 0.29) is 5.91 Å². The van der Waals surface area contributed by atoms with Crippen molar-refractivity contribution in [3.05, 3.63) is 18.0 Å². The number of likely N-dealkylation sites (tertiary alicyclic amines) is 1. The molecule has 3 aliphatic rings. The van der Waals surface area contributed by atoms with Crippen LogP contribution in [0.1, 0.15) is 18.5 Å². The average molecular weight is 389 g/mol. The predicted octanol–water partition coefficient (Wildman–Crippen LogP) is 0.521. The summed E-state index contributed by atoms with van der Waals surface area (Å²) in [6.45, 7) is 4.44. The summed E-state index contributed by atoms with van der Waals surface area (Å²) in [6, 6.07) is 0.990. The topological polar surface area (TPSA) is 94.0 Å². The van der Waals surface area contributed by atoms with E-state index in [1.165, 1.54) is 4.90 Å². The molecule has 144 valence electrons. The molecule has 2 atom stereocenters. The Morgan fingerprint density at radius 3 is 2.81 bits per heavy atom. The fourth-order valence-electron chi connectivity index (χ4n) is 3.66. The molecule has 4 heterocycles. The van der Waals surface area contributed by atoms with Gasteiger partial charge in [0.05, 0.1) is 0 Å². The van der Waals surface area contributed by atoms with Crippen LogP contribution in [0.4, 0.5) is 4.79 Å². The van der Waals surface area contributed by atoms with Crippen molar-refractivity contribution in [1.29, 1.82) is 0 Å². The van der Waals surface area contributed by atoms with Crippen LogP contribution in [0.5, 0.6) is 0 Å². The molecule has 0 spiro atoms. The highest BCUT2D eigenvalue weighted by atomic mass is 32.2. The molecular weight excluding hydrogens is 366 g/mol. The van der Waals surface area contributed by atoms with E-state index in [2.05, 4.69) is 20.2 Å². The Balaban J connectivity index is 1.51. The smallest absolute Gasteiger partial charge is 0.325 e. The molecular formula is C17H23N7O2S. The Hall–Kier alpha value is -2.36. The molecule has 2 fully saturated rings. The maximum Gasteiger partial charge on any atom is 0.325 e. The molecule has 0 radical (unpaired) electrons. The first-order valence-corrected chi connectivity index (χ1v) is 10.1. The summed E-state index contributed by atoms with van der Waals surface area (Å²) in [7, 11) is 1.68. The highest BCUT2D eigenvalue weighted by molar-refractivity contribution is 7.99. The lowest BCUT2D eigenvalue weighted by atomic mass is 10.1.